The molecule has 0 fully saturated rings. The summed E-state index contributed by atoms with van der Waals surface area (Å²) in [4.78, 5) is 15.8. The fourth-order valence-electron chi connectivity index (χ4n) is 2.73. The van der Waals surface area contributed by atoms with Gasteiger partial charge in [-0.15, -0.1) is 0 Å². The first kappa shape index (κ1) is 14.8. The van der Waals surface area contributed by atoms with E-state index in [0.29, 0.717) is 22.7 Å². The fraction of sp³-hybridized carbons (Fsp3) is 0.250. The molecular formula is C16H16ClN3O2. The van der Waals surface area contributed by atoms with Crippen molar-refractivity contribution >= 4 is 17.2 Å². The van der Waals surface area contributed by atoms with E-state index < -0.39 is 0 Å². The lowest BCUT2D eigenvalue weighted by Crippen LogP contribution is -2.22. The van der Waals surface area contributed by atoms with Crippen LogP contribution in [0.25, 0.3) is 16.8 Å². The molecule has 114 valence electrons. The minimum Gasteiger partial charge on any atom is -0.396 e. The largest absolute Gasteiger partial charge is 0.396 e. The molecule has 0 bridgehead atoms. The van der Waals surface area contributed by atoms with Gasteiger partial charge in [-0.05, 0) is 31.5 Å². The number of halogens is 1. The van der Waals surface area contributed by atoms with Crippen LogP contribution in [0.4, 0.5) is 0 Å². The minimum absolute atomic E-state index is 0.0726. The highest BCUT2D eigenvalue weighted by Crippen LogP contribution is 2.28. The van der Waals surface area contributed by atoms with E-state index in [1.807, 2.05) is 32.0 Å². The van der Waals surface area contributed by atoms with Crippen molar-refractivity contribution in [2.45, 2.75) is 20.3 Å². The SMILES string of the molecule is Cc1nn2c(=O)c(CCO)c(C)[nH]c2c1-c1cccc(Cl)c1. The molecular weight excluding hydrogens is 302 g/mol. The zero-order valence-electron chi connectivity index (χ0n) is 12.4. The Morgan fingerprint density at radius 2 is 2.14 bits per heavy atom. The number of rotatable bonds is 3. The van der Waals surface area contributed by atoms with Gasteiger partial charge in [-0.3, -0.25) is 4.79 Å². The number of aliphatic hydroxyl groups is 1. The van der Waals surface area contributed by atoms with Gasteiger partial charge in [0.1, 0.15) is 5.65 Å². The summed E-state index contributed by atoms with van der Waals surface area (Å²) >= 11 is 6.07. The lowest BCUT2D eigenvalue weighted by atomic mass is 10.1. The van der Waals surface area contributed by atoms with Crippen LogP contribution in [0.15, 0.2) is 29.1 Å². The smallest absolute Gasteiger partial charge is 0.277 e. The van der Waals surface area contributed by atoms with Crippen LogP contribution in [0, 0.1) is 13.8 Å². The highest BCUT2D eigenvalue weighted by Gasteiger charge is 2.17. The van der Waals surface area contributed by atoms with Crippen molar-refractivity contribution in [3.63, 3.8) is 0 Å². The number of aromatic nitrogens is 3. The fourth-order valence-corrected chi connectivity index (χ4v) is 2.92. The molecule has 0 saturated carbocycles. The maximum absolute atomic E-state index is 12.5. The Bertz CT molecular complexity index is 912. The molecule has 5 nitrogen and oxygen atoms in total. The van der Waals surface area contributed by atoms with E-state index in [-0.39, 0.29) is 12.2 Å². The average Bonchev–Trinajstić information content (AvgIpc) is 2.80. The zero-order valence-corrected chi connectivity index (χ0v) is 13.1. The molecule has 0 amide bonds. The molecule has 0 spiro atoms. The van der Waals surface area contributed by atoms with Gasteiger partial charge in [0.25, 0.3) is 5.56 Å². The van der Waals surface area contributed by atoms with Gasteiger partial charge in [-0.2, -0.15) is 9.61 Å². The van der Waals surface area contributed by atoms with Crippen molar-refractivity contribution in [3.05, 3.63) is 56.6 Å². The van der Waals surface area contributed by atoms with E-state index in [1.54, 1.807) is 6.07 Å². The first-order valence-corrected chi connectivity index (χ1v) is 7.38. The third-order valence-electron chi connectivity index (χ3n) is 3.74. The Kier molecular flexibility index (Phi) is 3.76. The predicted octanol–water partition coefficient (Wildman–Crippen LogP) is 2.49. The maximum atomic E-state index is 12.5. The second-order valence-electron chi connectivity index (χ2n) is 5.24. The first-order valence-electron chi connectivity index (χ1n) is 7.01. The number of aromatic amines is 1. The Labute approximate surface area is 132 Å². The highest BCUT2D eigenvalue weighted by molar-refractivity contribution is 6.30. The summed E-state index contributed by atoms with van der Waals surface area (Å²) in [6.07, 6.45) is 0.308. The second kappa shape index (κ2) is 5.59. The molecule has 6 heteroatoms. The third kappa shape index (κ3) is 2.32. The quantitative estimate of drug-likeness (QED) is 0.779. The molecule has 0 saturated heterocycles. The van der Waals surface area contributed by atoms with Gasteiger partial charge in [0, 0.05) is 34.9 Å². The predicted molar refractivity (Wildman–Crippen MR) is 86.5 cm³/mol. The lowest BCUT2D eigenvalue weighted by molar-refractivity contribution is 0.298. The van der Waals surface area contributed by atoms with Crippen LogP contribution in [0.1, 0.15) is 17.0 Å². The lowest BCUT2D eigenvalue weighted by Gasteiger charge is -2.06. The van der Waals surface area contributed by atoms with E-state index in [2.05, 4.69) is 10.1 Å². The highest BCUT2D eigenvalue weighted by atomic mass is 35.5. The molecule has 3 rings (SSSR count). The number of fused-ring (bicyclic) bond motifs is 1. The van der Waals surface area contributed by atoms with Gasteiger partial charge in [0.05, 0.1) is 5.69 Å². The molecule has 0 atom stereocenters. The number of H-pyrrole nitrogens is 1. The average molecular weight is 318 g/mol. The normalized spacial score (nSPS) is 11.3. The third-order valence-corrected chi connectivity index (χ3v) is 3.98. The molecule has 22 heavy (non-hydrogen) atoms. The zero-order chi connectivity index (χ0) is 15.9. The number of nitrogens with one attached hydrogen (secondary N) is 1. The summed E-state index contributed by atoms with van der Waals surface area (Å²) in [5.74, 6) is 0. The molecule has 0 aliphatic carbocycles. The molecule has 2 heterocycles. The van der Waals surface area contributed by atoms with Crippen molar-refractivity contribution < 1.29 is 5.11 Å². The van der Waals surface area contributed by atoms with Crippen LogP contribution >= 0.6 is 11.6 Å². The first-order chi connectivity index (χ1) is 10.5. The molecule has 2 N–H and O–H groups in total. The van der Waals surface area contributed by atoms with Crippen LogP contribution in [-0.2, 0) is 6.42 Å². The van der Waals surface area contributed by atoms with Crippen LogP contribution in [0.3, 0.4) is 0 Å². The van der Waals surface area contributed by atoms with Gasteiger partial charge in [-0.25, -0.2) is 0 Å². The Balaban J connectivity index is 2.34. The number of nitrogens with zero attached hydrogens (tertiary/aromatic N) is 2. The molecule has 0 radical (unpaired) electrons. The molecule has 0 unspecified atom stereocenters. The van der Waals surface area contributed by atoms with Gasteiger partial charge in [0.2, 0.25) is 0 Å². The standard InChI is InChI=1S/C16H16ClN3O2/c1-9-13(6-7-21)16(22)20-15(18-9)14(10(2)19-20)11-4-3-5-12(17)8-11/h3-5,8,18,21H,6-7H2,1-2H3. The number of aryl methyl sites for hydroxylation is 2. The van der Waals surface area contributed by atoms with Gasteiger partial charge in [0.15, 0.2) is 0 Å². The minimum atomic E-state index is -0.198. The van der Waals surface area contributed by atoms with E-state index in [1.165, 1.54) is 4.52 Å². The molecule has 0 aliphatic heterocycles. The maximum Gasteiger partial charge on any atom is 0.277 e. The monoisotopic (exact) mass is 317 g/mol. The number of benzene rings is 1. The molecule has 2 aromatic heterocycles. The van der Waals surface area contributed by atoms with Crippen molar-refractivity contribution in [3.8, 4) is 11.1 Å². The summed E-state index contributed by atoms with van der Waals surface area (Å²) in [6.45, 7) is 3.62. The van der Waals surface area contributed by atoms with Crippen LogP contribution in [0.5, 0.6) is 0 Å². The number of hydrogen-bond donors (Lipinski definition) is 2. The Hall–Kier alpha value is -2.11. The summed E-state index contributed by atoms with van der Waals surface area (Å²) in [5.41, 5.74) is 4.25. The Morgan fingerprint density at radius 3 is 2.82 bits per heavy atom. The van der Waals surface area contributed by atoms with Crippen LogP contribution in [0.2, 0.25) is 5.02 Å². The van der Waals surface area contributed by atoms with E-state index in [9.17, 15) is 4.79 Å². The summed E-state index contributed by atoms with van der Waals surface area (Å²) in [7, 11) is 0. The van der Waals surface area contributed by atoms with E-state index in [0.717, 1.165) is 22.5 Å². The number of hydrogen-bond acceptors (Lipinski definition) is 3. The van der Waals surface area contributed by atoms with Crippen LogP contribution in [-0.4, -0.2) is 26.3 Å². The van der Waals surface area contributed by atoms with Gasteiger partial charge in [-0.1, -0.05) is 23.7 Å². The molecule has 0 aliphatic rings. The second-order valence-corrected chi connectivity index (χ2v) is 5.67. The van der Waals surface area contributed by atoms with E-state index in [4.69, 9.17) is 16.7 Å². The summed E-state index contributed by atoms with van der Waals surface area (Å²) in [6, 6.07) is 7.46. The summed E-state index contributed by atoms with van der Waals surface area (Å²) in [5, 5.41) is 14.1. The Morgan fingerprint density at radius 1 is 1.36 bits per heavy atom. The topological polar surface area (TPSA) is 70.4 Å². The number of aliphatic hydroxyl groups excluding tert-OH is 1. The van der Waals surface area contributed by atoms with Crippen molar-refractivity contribution in [2.24, 2.45) is 0 Å². The van der Waals surface area contributed by atoms with Crippen molar-refractivity contribution in [1.82, 2.24) is 14.6 Å². The molecule has 3 aromatic rings. The molecule has 1 aromatic carbocycles. The van der Waals surface area contributed by atoms with Crippen molar-refractivity contribution in [1.29, 1.82) is 0 Å². The van der Waals surface area contributed by atoms with Gasteiger partial charge < -0.3 is 10.1 Å². The van der Waals surface area contributed by atoms with Gasteiger partial charge >= 0.3 is 0 Å². The summed E-state index contributed by atoms with van der Waals surface area (Å²) < 4.78 is 1.36. The van der Waals surface area contributed by atoms with Crippen molar-refractivity contribution in [2.75, 3.05) is 6.61 Å². The van der Waals surface area contributed by atoms with Crippen LogP contribution < -0.4 is 5.56 Å². The van der Waals surface area contributed by atoms with E-state index >= 15 is 0 Å².